The first-order chi connectivity index (χ1) is 7.63. The largest absolute Gasteiger partial charge is 0.372 e. The number of hydrogen-bond donors (Lipinski definition) is 0. The number of rotatable bonds is 4. The predicted molar refractivity (Wildman–Crippen MR) is 59.9 cm³/mol. The maximum absolute atomic E-state index is 10.8. The van der Waals surface area contributed by atoms with Crippen LogP contribution in [0.5, 0.6) is 0 Å². The van der Waals surface area contributed by atoms with E-state index in [1.54, 1.807) is 12.1 Å². The molecule has 5 heteroatoms. The molecule has 16 heavy (non-hydrogen) atoms. The van der Waals surface area contributed by atoms with E-state index >= 15 is 0 Å². The highest BCUT2D eigenvalue weighted by molar-refractivity contribution is 5.83. The third kappa shape index (κ3) is 1.88. The van der Waals surface area contributed by atoms with Gasteiger partial charge in [-0.3, -0.25) is 14.9 Å². The molecule has 0 aliphatic heterocycles. The van der Waals surface area contributed by atoms with E-state index < -0.39 is 4.92 Å². The van der Waals surface area contributed by atoms with Crippen LogP contribution in [0.15, 0.2) is 18.2 Å². The first-order valence-electron chi connectivity index (χ1n) is 5.10. The van der Waals surface area contributed by atoms with E-state index in [1.807, 2.05) is 7.05 Å². The van der Waals surface area contributed by atoms with Crippen LogP contribution in [0.1, 0.15) is 23.2 Å². The molecule has 0 radical (unpaired) electrons. The maximum Gasteiger partial charge on any atom is 0.280 e. The second-order valence-electron chi connectivity index (χ2n) is 3.96. The van der Waals surface area contributed by atoms with E-state index in [-0.39, 0.29) is 11.3 Å². The third-order valence-electron chi connectivity index (χ3n) is 2.84. The Morgan fingerprint density at radius 2 is 2.19 bits per heavy atom. The van der Waals surface area contributed by atoms with Crippen LogP contribution in [0.4, 0.5) is 11.4 Å². The number of benzene rings is 1. The number of carbonyl (C=O) groups is 1. The summed E-state index contributed by atoms with van der Waals surface area (Å²) in [5, 5.41) is 10.6. The molecule has 0 spiro atoms. The minimum Gasteiger partial charge on any atom is -0.372 e. The average molecular weight is 220 g/mol. The Balaban J connectivity index is 2.35. The summed E-state index contributed by atoms with van der Waals surface area (Å²) in [7, 11) is 1.94. The molecule has 0 bridgehead atoms. The molecule has 0 N–H and O–H groups in total. The monoisotopic (exact) mass is 220 g/mol. The first kappa shape index (κ1) is 10.6. The SMILES string of the molecule is CN(c1ccc([N+](=O)[O-])c(C=O)c1)C1CC1. The van der Waals surface area contributed by atoms with Crippen molar-refractivity contribution in [2.75, 3.05) is 11.9 Å². The van der Waals surface area contributed by atoms with E-state index in [9.17, 15) is 14.9 Å². The predicted octanol–water partition coefficient (Wildman–Crippen LogP) is 2.01. The highest BCUT2D eigenvalue weighted by Gasteiger charge is 2.27. The Hall–Kier alpha value is -1.91. The lowest BCUT2D eigenvalue weighted by molar-refractivity contribution is -0.385. The van der Waals surface area contributed by atoms with Crippen molar-refractivity contribution in [1.29, 1.82) is 0 Å². The van der Waals surface area contributed by atoms with Crippen molar-refractivity contribution in [3.63, 3.8) is 0 Å². The summed E-state index contributed by atoms with van der Waals surface area (Å²) in [5.74, 6) is 0. The molecule has 0 heterocycles. The van der Waals surface area contributed by atoms with Gasteiger partial charge < -0.3 is 4.90 Å². The molecular formula is C11H12N2O3. The number of hydrogen-bond acceptors (Lipinski definition) is 4. The van der Waals surface area contributed by atoms with Gasteiger partial charge >= 0.3 is 0 Å². The zero-order valence-corrected chi connectivity index (χ0v) is 8.92. The Labute approximate surface area is 92.8 Å². The van der Waals surface area contributed by atoms with Crippen molar-refractivity contribution in [3.05, 3.63) is 33.9 Å². The smallest absolute Gasteiger partial charge is 0.280 e. The third-order valence-corrected chi connectivity index (χ3v) is 2.84. The van der Waals surface area contributed by atoms with Crippen molar-refractivity contribution < 1.29 is 9.72 Å². The van der Waals surface area contributed by atoms with Gasteiger partial charge in [0.15, 0.2) is 6.29 Å². The molecule has 84 valence electrons. The molecule has 2 rings (SSSR count). The van der Waals surface area contributed by atoms with Crippen LogP contribution < -0.4 is 4.90 Å². The Kier molecular flexibility index (Phi) is 2.60. The fourth-order valence-corrected chi connectivity index (χ4v) is 1.69. The maximum atomic E-state index is 10.8. The molecule has 1 saturated carbocycles. The molecule has 1 aromatic rings. The van der Waals surface area contributed by atoms with Crippen LogP contribution >= 0.6 is 0 Å². The van der Waals surface area contributed by atoms with Crippen LogP contribution in [-0.4, -0.2) is 24.3 Å². The lowest BCUT2D eigenvalue weighted by Crippen LogP contribution is -2.19. The number of nitrogens with zero attached hydrogens (tertiary/aromatic N) is 2. The Morgan fingerprint density at radius 3 is 2.69 bits per heavy atom. The van der Waals surface area contributed by atoms with Crippen molar-refractivity contribution in [2.45, 2.75) is 18.9 Å². The highest BCUT2D eigenvalue weighted by atomic mass is 16.6. The lowest BCUT2D eigenvalue weighted by atomic mass is 10.1. The molecular weight excluding hydrogens is 208 g/mol. The summed E-state index contributed by atoms with van der Waals surface area (Å²) < 4.78 is 0. The summed E-state index contributed by atoms with van der Waals surface area (Å²) >= 11 is 0. The zero-order valence-electron chi connectivity index (χ0n) is 8.92. The van der Waals surface area contributed by atoms with Crippen LogP contribution in [0.25, 0.3) is 0 Å². The van der Waals surface area contributed by atoms with Crippen molar-refractivity contribution in [2.24, 2.45) is 0 Å². The summed E-state index contributed by atoms with van der Waals surface area (Å²) in [6.45, 7) is 0. The summed E-state index contributed by atoms with van der Waals surface area (Å²) in [4.78, 5) is 22.9. The van der Waals surface area contributed by atoms with E-state index in [0.717, 1.165) is 18.5 Å². The van der Waals surface area contributed by atoms with E-state index in [4.69, 9.17) is 0 Å². The van der Waals surface area contributed by atoms with Crippen molar-refractivity contribution in [3.8, 4) is 0 Å². The molecule has 1 fully saturated rings. The number of anilines is 1. The second-order valence-corrected chi connectivity index (χ2v) is 3.96. The summed E-state index contributed by atoms with van der Waals surface area (Å²) in [6, 6.07) is 5.16. The van der Waals surface area contributed by atoms with Crippen LogP contribution in [0.3, 0.4) is 0 Å². The molecule has 0 atom stereocenters. The van der Waals surface area contributed by atoms with E-state index in [1.165, 1.54) is 6.07 Å². The van der Waals surface area contributed by atoms with Gasteiger partial charge in [0.1, 0.15) is 0 Å². The van der Waals surface area contributed by atoms with Gasteiger partial charge in [-0.15, -0.1) is 0 Å². The molecule has 0 unspecified atom stereocenters. The summed E-state index contributed by atoms with van der Waals surface area (Å²) in [5.41, 5.74) is 0.855. The van der Waals surface area contributed by atoms with Gasteiger partial charge in [-0.25, -0.2) is 0 Å². The second kappa shape index (κ2) is 3.92. The minimum atomic E-state index is -0.537. The van der Waals surface area contributed by atoms with Crippen LogP contribution in [-0.2, 0) is 0 Å². The van der Waals surface area contributed by atoms with Gasteiger partial charge in [0.25, 0.3) is 5.69 Å². The Bertz CT molecular complexity index is 441. The van der Waals surface area contributed by atoms with E-state index in [0.29, 0.717) is 12.3 Å². The lowest BCUT2D eigenvalue weighted by Gasteiger charge is -2.18. The number of nitro groups is 1. The van der Waals surface area contributed by atoms with Crippen molar-refractivity contribution in [1.82, 2.24) is 0 Å². The molecule has 0 aromatic heterocycles. The van der Waals surface area contributed by atoms with Gasteiger partial charge in [0.2, 0.25) is 0 Å². The van der Waals surface area contributed by atoms with Crippen LogP contribution in [0.2, 0.25) is 0 Å². The Morgan fingerprint density at radius 1 is 1.50 bits per heavy atom. The topological polar surface area (TPSA) is 63.4 Å². The standard InChI is InChI=1S/C11H12N2O3/c1-12(9-2-3-9)10-4-5-11(13(15)16)8(6-10)7-14/h4-7,9H,2-3H2,1H3. The molecule has 1 aliphatic carbocycles. The van der Waals surface area contributed by atoms with Gasteiger partial charge in [-0.05, 0) is 25.0 Å². The normalized spacial score (nSPS) is 14.6. The first-order valence-corrected chi connectivity index (χ1v) is 5.10. The molecule has 1 aliphatic rings. The zero-order chi connectivity index (χ0) is 11.7. The fraction of sp³-hybridized carbons (Fsp3) is 0.364. The fourth-order valence-electron chi connectivity index (χ4n) is 1.69. The number of nitro benzene ring substituents is 1. The molecule has 0 saturated heterocycles. The van der Waals surface area contributed by atoms with Gasteiger partial charge in [0.05, 0.1) is 10.5 Å². The molecule has 5 nitrogen and oxygen atoms in total. The summed E-state index contributed by atoms with van der Waals surface area (Å²) in [6.07, 6.45) is 2.82. The number of carbonyl (C=O) groups excluding carboxylic acids is 1. The average Bonchev–Trinajstić information content (AvgIpc) is 3.10. The van der Waals surface area contributed by atoms with Gasteiger partial charge in [-0.1, -0.05) is 0 Å². The van der Waals surface area contributed by atoms with Crippen molar-refractivity contribution >= 4 is 17.7 Å². The van der Waals surface area contributed by atoms with Gasteiger partial charge in [0, 0.05) is 24.8 Å². The van der Waals surface area contributed by atoms with E-state index in [2.05, 4.69) is 4.90 Å². The minimum absolute atomic E-state index is 0.134. The van der Waals surface area contributed by atoms with Gasteiger partial charge in [-0.2, -0.15) is 0 Å². The number of aldehydes is 1. The van der Waals surface area contributed by atoms with Crippen LogP contribution in [0, 0.1) is 10.1 Å². The molecule has 1 aromatic carbocycles. The quantitative estimate of drug-likeness (QED) is 0.442. The molecule has 0 amide bonds. The highest BCUT2D eigenvalue weighted by Crippen LogP contribution is 2.32.